The smallest absolute Gasteiger partial charge is 0.308 e. The minimum atomic E-state index is -0.823. The van der Waals surface area contributed by atoms with Crippen LogP contribution in [0.5, 0.6) is 0 Å². The number of carbonyl (C=O) groups is 2. The highest BCUT2D eigenvalue weighted by Gasteiger charge is 2.46. The summed E-state index contributed by atoms with van der Waals surface area (Å²) in [4.78, 5) is 25.6. The third-order valence-corrected chi connectivity index (χ3v) is 4.63. The molecule has 1 amide bonds. The number of likely N-dealkylation sites (tertiary alicyclic amines) is 1. The number of ether oxygens (including phenoxy) is 1. The van der Waals surface area contributed by atoms with Crippen LogP contribution >= 0.6 is 0 Å². The number of carbonyl (C=O) groups excluding carboxylic acids is 1. The standard InChI is InChI=1S/C13H22N2O4/c1-9-10(11(16)17)2-5-15(9)12(18)13(8-14)3-6-19-7-4-13/h9-10H,2-8,14H2,1H3,(H,16,17). The van der Waals surface area contributed by atoms with Crippen molar-refractivity contribution in [2.45, 2.75) is 32.2 Å². The van der Waals surface area contributed by atoms with Gasteiger partial charge in [-0.1, -0.05) is 0 Å². The summed E-state index contributed by atoms with van der Waals surface area (Å²) in [7, 11) is 0. The lowest BCUT2D eigenvalue weighted by molar-refractivity contribution is -0.149. The number of nitrogens with zero attached hydrogens (tertiary/aromatic N) is 1. The van der Waals surface area contributed by atoms with Crippen LogP contribution < -0.4 is 5.73 Å². The van der Waals surface area contributed by atoms with E-state index in [1.807, 2.05) is 6.92 Å². The molecule has 2 atom stereocenters. The van der Waals surface area contributed by atoms with Gasteiger partial charge >= 0.3 is 5.97 Å². The first kappa shape index (κ1) is 14.3. The second-order valence-electron chi connectivity index (χ2n) is 5.57. The molecule has 0 radical (unpaired) electrons. The first-order chi connectivity index (χ1) is 9.02. The van der Waals surface area contributed by atoms with Gasteiger partial charge in [0.15, 0.2) is 0 Å². The molecular weight excluding hydrogens is 248 g/mol. The molecule has 108 valence electrons. The molecule has 0 aromatic carbocycles. The second-order valence-corrected chi connectivity index (χ2v) is 5.57. The molecule has 2 aliphatic heterocycles. The molecule has 2 saturated heterocycles. The summed E-state index contributed by atoms with van der Waals surface area (Å²) in [6.07, 6.45) is 1.78. The van der Waals surface area contributed by atoms with Gasteiger partial charge in [-0.15, -0.1) is 0 Å². The van der Waals surface area contributed by atoms with Gasteiger partial charge < -0.3 is 20.5 Å². The maximum absolute atomic E-state index is 12.7. The fourth-order valence-electron chi connectivity index (χ4n) is 3.13. The Labute approximate surface area is 112 Å². The van der Waals surface area contributed by atoms with E-state index in [-0.39, 0.29) is 11.9 Å². The monoisotopic (exact) mass is 270 g/mol. The molecule has 2 rings (SSSR count). The first-order valence-electron chi connectivity index (χ1n) is 6.83. The van der Waals surface area contributed by atoms with Gasteiger partial charge in [0.05, 0.1) is 11.3 Å². The first-order valence-corrected chi connectivity index (χ1v) is 6.83. The number of hydrogen-bond donors (Lipinski definition) is 2. The Hall–Kier alpha value is -1.14. The van der Waals surface area contributed by atoms with Crippen LogP contribution in [0.4, 0.5) is 0 Å². The summed E-state index contributed by atoms with van der Waals surface area (Å²) in [5.74, 6) is -1.27. The van der Waals surface area contributed by atoms with Crippen LogP contribution in [0.2, 0.25) is 0 Å². The van der Waals surface area contributed by atoms with E-state index in [1.165, 1.54) is 0 Å². The van der Waals surface area contributed by atoms with Crippen LogP contribution in [-0.4, -0.2) is 54.2 Å². The van der Waals surface area contributed by atoms with Gasteiger partial charge in [-0.25, -0.2) is 0 Å². The predicted molar refractivity (Wildman–Crippen MR) is 68.5 cm³/mol. The van der Waals surface area contributed by atoms with Gasteiger partial charge in [0.25, 0.3) is 0 Å². The van der Waals surface area contributed by atoms with Crippen molar-refractivity contribution >= 4 is 11.9 Å². The van der Waals surface area contributed by atoms with E-state index in [9.17, 15) is 9.59 Å². The van der Waals surface area contributed by atoms with Crippen LogP contribution in [0.1, 0.15) is 26.2 Å². The largest absolute Gasteiger partial charge is 0.481 e. The van der Waals surface area contributed by atoms with Crippen molar-refractivity contribution in [2.75, 3.05) is 26.3 Å². The Bertz CT molecular complexity index is 366. The third-order valence-electron chi connectivity index (χ3n) is 4.63. The van der Waals surface area contributed by atoms with Crippen molar-refractivity contribution in [3.05, 3.63) is 0 Å². The van der Waals surface area contributed by atoms with E-state index in [0.29, 0.717) is 45.6 Å². The Balaban J connectivity index is 2.13. The van der Waals surface area contributed by atoms with Crippen LogP contribution in [0.15, 0.2) is 0 Å². The van der Waals surface area contributed by atoms with Crippen molar-refractivity contribution in [1.82, 2.24) is 4.90 Å². The minimum absolute atomic E-state index is 0.00884. The zero-order valence-corrected chi connectivity index (χ0v) is 11.3. The number of rotatable bonds is 3. The Morgan fingerprint density at radius 1 is 1.42 bits per heavy atom. The van der Waals surface area contributed by atoms with Gasteiger partial charge in [-0.05, 0) is 26.2 Å². The van der Waals surface area contributed by atoms with Gasteiger partial charge in [0.2, 0.25) is 5.91 Å². The van der Waals surface area contributed by atoms with E-state index in [2.05, 4.69) is 0 Å². The van der Waals surface area contributed by atoms with Gasteiger partial charge in [-0.2, -0.15) is 0 Å². The highest BCUT2D eigenvalue weighted by Crippen LogP contribution is 2.35. The van der Waals surface area contributed by atoms with Crippen LogP contribution in [-0.2, 0) is 14.3 Å². The Morgan fingerprint density at radius 2 is 2.05 bits per heavy atom. The average Bonchev–Trinajstić information content (AvgIpc) is 2.80. The topological polar surface area (TPSA) is 92.9 Å². The maximum atomic E-state index is 12.7. The average molecular weight is 270 g/mol. The molecule has 2 fully saturated rings. The molecular formula is C13H22N2O4. The number of carboxylic acid groups (broad SMARTS) is 1. The Morgan fingerprint density at radius 3 is 2.53 bits per heavy atom. The second kappa shape index (κ2) is 5.46. The molecule has 2 unspecified atom stereocenters. The molecule has 3 N–H and O–H groups in total. The highest BCUT2D eigenvalue weighted by atomic mass is 16.5. The molecule has 0 aromatic heterocycles. The van der Waals surface area contributed by atoms with Crippen molar-refractivity contribution in [2.24, 2.45) is 17.1 Å². The molecule has 0 spiro atoms. The van der Waals surface area contributed by atoms with Crippen LogP contribution in [0, 0.1) is 11.3 Å². The number of aliphatic carboxylic acids is 1. The fourth-order valence-corrected chi connectivity index (χ4v) is 3.13. The summed E-state index contributed by atoms with van der Waals surface area (Å²) >= 11 is 0. The SMILES string of the molecule is CC1C(C(=O)O)CCN1C(=O)C1(CN)CCOCC1. The molecule has 6 nitrogen and oxygen atoms in total. The van der Waals surface area contributed by atoms with E-state index >= 15 is 0 Å². The number of amides is 1. The van der Waals surface area contributed by atoms with E-state index in [0.717, 1.165) is 0 Å². The van der Waals surface area contributed by atoms with Gasteiger partial charge in [-0.3, -0.25) is 9.59 Å². The fraction of sp³-hybridized carbons (Fsp3) is 0.846. The van der Waals surface area contributed by atoms with Crippen molar-refractivity contribution in [3.63, 3.8) is 0 Å². The van der Waals surface area contributed by atoms with E-state index < -0.39 is 17.3 Å². The van der Waals surface area contributed by atoms with Crippen molar-refractivity contribution < 1.29 is 19.4 Å². The minimum Gasteiger partial charge on any atom is -0.481 e. The normalized spacial score (nSPS) is 30.3. The third kappa shape index (κ3) is 2.47. The number of hydrogen-bond acceptors (Lipinski definition) is 4. The molecule has 2 heterocycles. The van der Waals surface area contributed by atoms with Gasteiger partial charge in [0.1, 0.15) is 0 Å². The lowest BCUT2D eigenvalue weighted by Gasteiger charge is -2.39. The van der Waals surface area contributed by atoms with Gasteiger partial charge in [0, 0.05) is 32.3 Å². The summed E-state index contributed by atoms with van der Waals surface area (Å²) in [5.41, 5.74) is 5.27. The molecule has 6 heteroatoms. The summed E-state index contributed by atoms with van der Waals surface area (Å²) < 4.78 is 5.31. The maximum Gasteiger partial charge on any atom is 0.308 e. The van der Waals surface area contributed by atoms with Crippen molar-refractivity contribution in [1.29, 1.82) is 0 Å². The summed E-state index contributed by atoms with van der Waals surface area (Å²) in [5, 5.41) is 9.13. The molecule has 0 bridgehead atoms. The molecule has 2 aliphatic rings. The van der Waals surface area contributed by atoms with Crippen LogP contribution in [0.3, 0.4) is 0 Å². The zero-order valence-electron chi connectivity index (χ0n) is 11.3. The van der Waals surface area contributed by atoms with E-state index in [4.69, 9.17) is 15.6 Å². The van der Waals surface area contributed by atoms with E-state index in [1.54, 1.807) is 4.90 Å². The summed E-state index contributed by atoms with van der Waals surface area (Å²) in [6.45, 7) is 3.73. The van der Waals surface area contributed by atoms with Crippen molar-refractivity contribution in [3.8, 4) is 0 Å². The molecule has 0 aromatic rings. The highest BCUT2D eigenvalue weighted by molar-refractivity contribution is 5.85. The zero-order chi connectivity index (χ0) is 14.0. The lowest BCUT2D eigenvalue weighted by Crippen LogP contribution is -2.52. The predicted octanol–water partition coefficient (Wildman–Crippen LogP) is 0.0635. The Kier molecular flexibility index (Phi) is 4.10. The molecule has 0 aliphatic carbocycles. The number of carboxylic acids is 1. The number of nitrogens with two attached hydrogens (primary N) is 1. The quantitative estimate of drug-likeness (QED) is 0.756. The lowest BCUT2D eigenvalue weighted by atomic mass is 9.78. The van der Waals surface area contributed by atoms with Crippen LogP contribution in [0.25, 0.3) is 0 Å². The molecule has 0 saturated carbocycles. The molecule has 19 heavy (non-hydrogen) atoms. The summed E-state index contributed by atoms with van der Waals surface area (Å²) in [6, 6.07) is -0.253.